The SMILES string of the molecule is C[C@@H]1CN(CCCC2CCC(N3C(=S)N(c4ccc(C#N)c(Cl)c4)C(=O)C3(C)C)CC2)C[C@H](C)N1CC(=O)Nc1cccc(NC2CCC(=O)NC2=O)c1.Cl. The van der Waals surface area contributed by atoms with Gasteiger partial charge >= 0.3 is 0 Å². The van der Waals surface area contributed by atoms with Gasteiger partial charge in [-0.25, -0.2) is 0 Å². The van der Waals surface area contributed by atoms with E-state index in [0.29, 0.717) is 58.1 Å². The number of amides is 4. The van der Waals surface area contributed by atoms with Gasteiger partial charge in [-0.05, 0) is 134 Å². The average Bonchev–Trinajstić information content (AvgIpc) is 3.30. The molecule has 3 heterocycles. The monoisotopic (exact) mass is 810 g/mol. The first-order chi connectivity index (χ1) is 25.7. The van der Waals surface area contributed by atoms with Crippen LogP contribution in [-0.2, 0) is 19.2 Å². The lowest BCUT2D eigenvalue weighted by molar-refractivity contribution is -0.133. The van der Waals surface area contributed by atoms with E-state index < -0.39 is 11.6 Å². The van der Waals surface area contributed by atoms with Crippen molar-refractivity contribution >= 4 is 82.0 Å². The molecule has 2 aromatic carbocycles. The minimum atomic E-state index is -0.771. The third-order valence-electron chi connectivity index (χ3n) is 11.6. The summed E-state index contributed by atoms with van der Waals surface area (Å²) in [7, 11) is 0. The molecule has 15 heteroatoms. The van der Waals surface area contributed by atoms with Gasteiger partial charge < -0.3 is 20.4 Å². The summed E-state index contributed by atoms with van der Waals surface area (Å²) in [5, 5.41) is 18.6. The van der Waals surface area contributed by atoms with Crippen LogP contribution in [-0.4, -0.2) is 99.3 Å². The van der Waals surface area contributed by atoms with Crippen molar-refractivity contribution in [3.05, 3.63) is 53.1 Å². The number of piperazine rings is 1. The van der Waals surface area contributed by atoms with Gasteiger partial charge in [0, 0.05) is 49.0 Å². The van der Waals surface area contributed by atoms with Gasteiger partial charge in [0.1, 0.15) is 17.6 Å². The summed E-state index contributed by atoms with van der Waals surface area (Å²) >= 11 is 12.2. The van der Waals surface area contributed by atoms with Crippen molar-refractivity contribution in [2.24, 2.45) is 5.92 Å². The third kappa shape index (κ3) is 9.60. The first kappa shape index (κ1) is 42.3. The van der Waals surface area contributed by atoms with E-state index in [2.05, 4.69) is 50.6 Å². The number of nitriles is 1. The molecular weight excluding hydrogens is 759 g/mol. The average molecular weight is 812 g/mol. The van der Waals surface area contributed by atoms with E-state index in [1.54, 1.807) is 23.1 Å². The molecule has 3 N–H and O–H groups in total. The number of nitrogens with one attached hydrogen (secondary N) is 3. The number of carbonyl (C=O) groups is 4. The van der Waals surface area contributed by atoms with Crippen LogP contribution in [0.2, 0.25) is 5.02 Å². The Kier molecular flexibility index (Phi) is 13.8. The molecule has 3 atom stereocenters. The lowest BCUT2D eigenvalue weighted by Crippen LogP contribution is -2.58. The van der Waals surface area contributed by atoms with Crippen molar-refractivity contribution in [1.82, 2.24) is 20.0 Å². The highest BCUT2D eigenvalue weighted by Crippen LogP contribution is 2.40. The van der Waals surface area contributed by atoms with E-state index in [0.717, 1.165) is 58.2 Å². The van der Waals surface area contributed by atoms with Crippen LogP contribution in [0.15, 0.2) is 42.5 Å². The highest BCUT2D eigenvalue weighted by Gasteiger charge is 2.52. The minimum absolute atomic E-state index is 0. The van der Waals surface area contributed by atoms with Crippen molar-refractivity contribution in [2.75, 3.05) is 41.7 Å². The van der Waals surface area contributed by atoms with Gasteiger partial charge in [-0.1, -0.05) is 17.7 Å². The molecule has 1 aliphatic carbocycles. The minimum Gasteiger partial charge on any atom is -0.374 e. The topological polar surface area (TPSA) is 141 Å². The van der Waals surface area contributed by atoms with Crippen molar-refractivity contribution in [2.45, 2.75) is 109 Å². The molecule has 1 unspecified atom stereocenters. The van der Waals surface area contributed by atoms with E-state index in [4.69, 9.17) is 23.8 Å². The fourth-order valence-corrected chi connectivity index (χ4v) is 9.51. The molecule has 0 bridgehead atoms. The maximum absolute atomic E-state index is 13.6. The predicted octanol–water partition coefficient (Wildman–Crippen LogP) is 5.93. The molecule has 2 aromatic rings. The molecule has 0 radical (unpaired) electrons. The number of anilines is 3. The standard InChI is InChI=1S/C40H51ClN8O4S.ClH/c1-25-22-46(23-26(2)47(25)24-36(51)44-30-9-5-8-29(19-30)43-34-16-17-35(50)45-37(34)52)18-6-7-27-10-13-31(14-11-27)49-39(54)48(38(53)40(49,3)4)32-15-12-28(21-42)33(41)20-32;/h5,8-9,12,15,19-20,25-27,31,34,43H,6-7,10-11,13-14,16-18,22-24H2,1-4H3,(H,44,51)(H,45,50,52);1H/t25-,26+,27?,31?,34?;. The van der Waals surface area contributed by atoms with Gasteiger partial charge in [0.15, 0.2) is 5.11 Å². The number of thiocarbonyl (C=S) groups is 1. The molecule has 296 valence electrons. The second-order valence-corrected chi connectivity index (χ2v) is 16.6. The smallest absolute Gasteiger partial charge is 0.258 e. The number of halogens is 2. The number of carbonyl (C=O) groups excluding carboxylic acids is 4. The summed E-state index contributed by atoms with van der Waals surface area (Å²) in [6.07, 6.45) is 7.18. The van der Waals surface area contributed by atoms with Gasteiger partial charge in [-0.15, -0.1) is 12.4 Å². The van der Waals surface area contributed by atoms with E-state index in [1.165, 1.54) is 0 Å². The highest BCUT2D eigenvalue weighted by atomic mass is 35.5. The van der Waals surface area contributed by atoms with E-state index in [9.17, 15) is 24.4 Å². The number of imide groups is 1. The molecule has 0 spiro atoms. The van der Waals surface area contributed by atoms with Crippen molar-refractivity contribution in [3.8, 4) is 6.07 Å². The highest BCUT2D eigenvalue weighted by molar-refractivity contribution is 7.80. The number of piperidine rings is 1. The molecule has 4 aliphatic rings. The first-order valence-electron chi connectivity index (χ1n) is 19.1. The van der Waals surface area contributed by atoms with Crippen molar-refractivity contribution in [3.63, 3.8) is 0 Å². The van der Waals surface area contributed by atoms with Crippen LogP contribution in [0.1, 0.15) is 84.6 Å². The second-order valence-electron chi connectivity index (χ2n) is 15.9. The summed E-state index contributed by atoms with van der Waals surface area (Å²) in [6, 6.07) is 14.5. The fourth-order valence-electron chi connectivity index (χ4n) is 8.73. The molecule has 3 aliphatic heterocycles. The molecular formula is C40H52Cl2N8O4S. The van der Waals surface area contributed by atoms with Gasteiger partial charge in [0.25, 0.3) is 5.91 Å². The number of hydrogen-bond donors (Lipinski definition) is 3. The Labute approximate surface area is 340 Å². The summed E-state index contributed by atoms with van der Waals surface area (Å²) in [6.45, 7) is 11.4. The quantitative estimate of drug-likeness (QED) is 0.185. The van der Waals surface area contributed by atoms with E-state index in [1.807, 2.05) is 38.1 Å². The first-order valence-corrected chi connectivity index (χ1v) is 19.9. The number of rotatable bonds is 11. The lowest BCUT2D eigenvalue weighted by atomic mass is 9.82. The second kappa shape index (κ2) is 18.0. The van der Waals surface area contributed by atoms with Crippen LogP contribution in [0.4, 0.5) is 17.1 Å². The van der Waals surface area contributed by atoms with E-state index >= 15 is 0 Å². The van der Waals surface area contributed by atoms with Crippen LogP contribution < -0.4 is 20.9 Å². The molecule has 4 fully saturated rings. The summed E-state index contributed by atoms with van der Waals surface area (Å²) in [4.78, 5) is 58.9. The lowest BCUT2D eigenvalue weighted by Gasteiger charge is -2.44. The van der Waals surface area contributed by atoms with Crippen LogP contribution in [0, 0.1) is 17.2 Å². The molecule has 4 amide bonds. The van der Waals surface area contributed by atoms with Gasteiger partial charge in [0.05, 0.1) is 22.8 Å². The van der Waals surface area contributed by atoms with Gasteiger partial charge in [-0.2, -0.15) is 5.26 Å². The van der Waals surface area contributed by atoms with Gasteiger partial charge in [0.2, 0.25) is 17.7 Å². The van der Waals surface area contributed by atoms with Crippen molar-refractivity contribution in [1.29, 1.82) is 5.26 Å². The summed E-state index contributed by atoms with van der Waals surface area (Å²) in [5.74, 6) is -0.105. The zero-order chi connectivity index (χ0) is 38.7. The molecule has 0 aromatic heterocycles. The number of nitrogens with zero attached hydrogens (tertiary/aromatic N) is 5. The van der Waals surface area contributed by atoms with Crippen LogP contribution in [0.25, 0.3) is 0 Å². The van der Waals surface area contributed by atoms with Crippen LogP contribution in [0.5, 0.6) is 0 Å². The number of benzene rings is 2. The molecule has 55 heavy (non-hydrogen) atoms. The Hall–Kier alpha value is -3.80. The number of hydrogen-bond acceptors (Lipinski definition) is 9. The predicted molar refractivity (Wildman–Crippen MR) is 221 cm³/mol. The zero-order valence-electron chi connectivity index (χ0n) is 32.0. The Morgan fingerprint density at radius 3 is 2.36 bits per heavy atom. The fraction of sp³-hybridized carbons (Fsp3) is 0.550. The maximum Gasteiger partial charge on any atom is 0.258 e. The Balaban J connectivity index is 0.00000580. The normalized spacial score (nSPS) is 25.9. The van der Waals surface area contributed by atoms with Crippen LogP contribution in [0.3, 0.4) is 0 Å². The largest absolute Gasteiger partial charge is 0.374 e. The summed E-state index contributed by atoms with van der Waals surface area (Å²) < 4.78 is 0. The van der Waals surface area contributed by atoms with Crippen LogP contribution >= 0.6 is 36.2 Å². The Bertz CT molecular complexity index is 1820. The maximum atomic E-state index is 13.6. The molecule has 12 nitrogen and oxygen atoms in total. The van der Waals surface area contributed by atoms with Crippen molar-refractivity contribution < 1.29 is 19.2 Å². The third-order valence-corrected chi connectivity index (χ3v) is 12.2. The van der Waals surface area contributed by atoms with E-state index in [-0.39, 0.29) is 54.2 Å². The molecule has 6 rings (SSSR count). The summed E-state index contributed by atoms with van der Waals surface area (Å²) in [5.41, 5.74) is 1.55. The Morgan fingerprint density at radius 2 is 1.71 bits per heavy atom. The molecule has 3 saturated heterocycles. The molecule has 1 saturated carbocycles. The Morgan fingerprint density at radius 1 is 1.02 bits per heavy atom. The zero-order valence-corrected chi connectivity index (χ0v) is 34.4. The van der Waals surface area contributed by atoms with Gasteiger partial charge in [-0.3, -0.25) is 34.3 Å².